The molecule has 9 nitrogen and oxygen atoms in total. The molecule has 1 saturated heterocycles. The van der Waals surface area contributed by atoms with Crippen molar-refractivity contribution in [3.05, 3.63) is 11.4 Å². The average molecular weight is 316 g/mol. The maximum Gasteiger partial charge on any atom is 0.281 e. The highest BCUT2D eigenvalue weighted by atomic mass is 32.2. The number of carbonyl (C=O) groups excluding carboxylic acids is 1. The first kappa shape index (κ1) is 15.7. The Morgan fingerprint density at radius 2 is 1.86 bits per heavy atom. The average Bonchev–Trinajstić information content (AvgIpc) is 2.78. The molecule has 1 aromatic rings. The molecule has 2 rings (SSSR count). The molecule has 0 bridgehead atoms. The Bertz CT molecular complexity index is 630. The number of aromatic nitrogens is 2. The number of rotatable bonds is 3. The number of H-pyrrole nitrogens is 1. The topological polar surface area (TPSA) is 116 Å². The molecule has 1 aliphatic rings. The molecular formula is C11H20N6O3S. The summed E-state index contributed by atoms with van der Waals surface area (Å²) in [5.74, 6) is -0.279. The number of nitrogens with one attached hydrogen (secondary N) is 1. The molecule has 118 valence electrons. The standard InChI is InChI=1S/C11H20N6O3S/c1-8-9(12)10(14-13-8)11(18)16-4-6-17(7-5-16)21(19,20)15(2)3/h4-7,12H2,1-3H3,(H,13,14). The van der Waals surface area contributed by atoms with Crippen molar-refractivity contribution in [2.75, 3.05) is 46.0 Å². The quantitative estimate of drug-likeness (QED) is 0.731. The molecule has 0 saturated carbocycles. The van der Waals surface area contributed by atoms with Crippen LogP contribution in [0.5, 0.6) is 0 Å². The molecule has 0 aromatic carbocycles. The Kier molecular flexibility index (Phi) is 4.21. The minimum absolute atomic E-state index is 0.191. The van der Waals surface area contributed by atoms with E-state index < -0.39 is 10.2 Å². The Morgan fingerprint density at radius 3 is 2.29 bits per heavy atom. The van der Waals surface area contributed by atoms with E-state index in [1.165, 1.54) is 22.7 Å². The van der Waals surface area contributed by atoms with E-state index in [2.05, 4.69) is 10.2 Å². The maximum absolute atomic E-state index is 12.3. The predicted molar refractivity (Wildman–Crippen MR) is 77.8 cm³/mol. The van der Waals surface area contributed by atoms with Gasteiger partial charge in [0, 0.05) is 40.3 Å². The van der Waals surface area contributed by atoms with Gasteiger partial charge >= 0.3 is 0 Å². The first-order valence-corrected chi connectivity index (χ1v) is 7.92. The third kappa shape index (κ3) is 2.87. The van der Waals surface area contributed by atoms with Crippen LogP contribution in [0.2, 0.25) is 0 Å². The van der Waals surface area contributed by atoms with Gasteiger partial charge in [-0.15, -0.1) is 0 Å². The fourth-order valence-electron chi connectivity index (χ4n) is 2.10. The molecule has 21 heavy (non-hydrogen) atoms. The van der Waals surface area contributed by atoms with Gasteiger partial charge in [-0.05, 0) is 6.92 Å². The number of nitrogens with zero attached hydrogens (tertiary/aromatic N) is 4. The third-order valence-corrected chi connectivity index (χ3v) is 5.45. The van der Waals surface area contributed by atoms with E-state index in [9.17, 15) is 13.2 Å². The van der Waals surface area contributed by atoms with Gasteiger partial charge in [0.15, 0.2) is 5.69 Å². The van der Waals surface area contributed by atoms with Crippen LogP contribution in [0.15, 0.2) is 0 Å². The van der Waals surface area contributed by atoms with Crippen LogP contribution < -0.4 is 5.73 Å². The van der Waals surface area contributed by atoms with Crippen molar-refractivity contribution in [1.82, 2.24) is 23.7 Å². The number of aryl methyl sites for hydroxylation is 1. The van der Waals surface area contributed by atoms with Crippen LogP contribution in [-0.2, 0) is 10.2 Å². The van der Waals surface area contributed by atoms with Crippen molar-refractivity contribution >= 4 is 21.8 Å². The lowest BCUT2D eigenvalue weighted by molar-refractivity contribution is 0.0690. The van der Waals surface area contributed by atoms with Crippen LogP contribution in [0.4, 0.5) is 5.69 Å². The summed E-state index contributed by atoms with van der Waals surface area (Å²) in [6, 6.07) is 0. The molecule has 0 radical (unpaired) electrons. The molecule has 0 spiro atoms. The lowest BCUT2D eigenvalue weighted by Gasteiger charge is -2.34. The number of carbonyl (C=O) groups is 1. The van der Waals surface area contributed by atoms with Gasteiger partial charge in [-0.1, -0.05) is 0 Å². The number of nitrogen functional groups attached to an aromatic ring is 1. The second-order valence-corrected chi connectivity index (χ2v) is 7.23. The lowest BCUT2D eigenvalue weighted by Crippen LogP contribution is -2.53. The van der Waals surface area contributed by atoms with Gasteiger partial charge in [0.1, 0.15) is 0 Å². The molecular weight excluding hydrogens is 296 g/mol. The first-order valence-electron chi connectivity index (χ1n) is 6.52. The van der Waals surface area contributed by atoms with Crippen molar-refractivity contribution in [1.29, 1.82) is 0 Å². The molecule has 1 aromatic heterocycles. The van der Waals surface area contributed by atoms with Crippen LogP contribution in [0.1, 0.15) is 16.2 Å². The Balaban J connectivity index is 2.05. The summed E-state index contributed by atoms with van der Waals surface area (Å²) in [5.41, 5.74) is 6.97. The molecule has 1 fully saturated rings. The van der Waals surface area contributed by atoms with Crippen LogP contribution >= 0.6 is 0 Å². The number of amides is 1. The molecule has 0 unspecified atom stereocenters. The van der Waals surface area contributed by atoms with Crippen LogP contribution in [0, 0.1) is 6.92 Å². The molecule has 0 atom stereocenters. The summed E-state index contributed by atoms with van der Waals surface area (Å²) in [4.78, 5) is 13.9. The minimum Gasteiger partial charge on any atom is -0.395 e. The fourth-order valence-corrected chi connectivity index (χ4v) is 3.19. The van der Waals surface area contributed by atoms with Crippen LogP contribution in [0.3, 0.4) is 0 Å². The number of anilines is 1. The van der Waals surface area contributed by atoms with E-state index in [-0.39, 0.29) is 24.7 Å². The van der Waals surface area contributed by atoms with Gasteiger partial charge in [0.2, 0.25) is 0 Å². The van der Waals surface area contributed by atoms with Gasteiger partial charge in [0.25, 0.3) is 16.1 Å². The summed E-state index contributed by atoms with van der Waals surface area (Å²) < 4.78 is 26.5. The normalized spacial score (nSPS) is 17.4. The number of hydrogen-bond acceptors (Lipinski definition) is 5. The predicted octanol–water partition coefficient (Wildman–Crippen LogP) is -1.14. The second-order valence-electron chi connectivity index (χ2n) is 5.09. The zero-order chi connectivity index (χ0) is 15.8. The summed E-state index contributed by atoms with van der Waals surface area (Å²) in [7, 11) is -0.463. The molecule has 3 N–H and O–H groups in total. The summed E-state index contributed by atoms with van der Waals surface area (Å²) >= 11 is 0. The SMILES string of the molecule is Cc1[nH]nc(C(=O)N2CCN(S(=O)(=O)N(C)C)CC2)c1N. The van der Waals surface area contributed by atoms with E-state index >= 15 is 0 Å². The van der Waals surface area contributed by atoms with Crippen molar-refractivity contribution in [2.45, 2.75) is 6.92 Å². The third-order valence-electron chi connectivity index (χ3n) is 3.51. The van der Waals surface area contributed by atoms with Gasteiger partial charge < -0.3 is 10.6 Å². The highest BCUT2D eigenvalue weighted by Crippen LogP contribution is 2.17. The van der Waals surface area contributed by atoms with Crippen LogP contribution in [0.25, 0.3) is 0 Å². The Hall–Kier alpha value is -1.65. The molecule has 10 heteroatoms. The van der Waals surface area contributed by atoms with Gasteiger partial charge in [0.05, 0.1) is 11.4 Å². The highest BCUT2D eigenvalue weighted by molar-refractivity contribution is 7.86. The number of nitrogens with two attached hydrogens (primary N) is 1. The van der Waals surface area contributed by atoms with Crippen molar-refractivity contribution < 1.29 is 13.2 Å². The highest BCUT2D eigenvalue weighted by Gasteiger charge is 2.31. The smallest absolute Gasteiger partial charge is 0.281 e. The monoisotopic (exact) mass is 316 g/mol. The van der Waals surface area contributed by atoms with E-state index in [1.807, 2.05) is 0 Å². The summed E-state index contributed by atoms with van der Waals surface area (Å²) in [5, 5.41) is 6.57. The largest absolute Gasteiger partial charge is 0.395 e. The van der Waals surface area contributed by atoms with Gasteiger partial charge in [-0.2, -0.15) is 22.1 Å². The molecule has 1 aliphatic heterocycles. The Labute approximate surface area is 123 Å². The Morgan fingerprint density at radius 1 is 1.29 bits per heavy atom. The maximum atomic E-state index is 12.3. The first-order chi connectivity index (χ1) is 9.75. The van der Waals surface area contributed by atoms with Crippen molar-refractivity contribution in [3.8, 4) is 0 Å². The van der Waals surface area contributed by atoms with Crippen molar-refractivity contribution in [3.63, 3.8) is 0 Å². The molecule has 0 aliphatic carbocycles. The lowest BCUT2D eigenvalue weighted by atomic mass is 10.2. The zero-order valence-electron chi connectivity index (χ0n) is 12.3. The number of piperazine rings is 1. The molecule has 2 heterocycles. The molecule has 1 amide bonds. The van der Waals surface area contributed by atoms with Crippen molar-refractivity contribution in [2.24, 2.45) is 0 Å². The van der Waals surface area contributed by atoms with E-state index in [1.54, 1.807) is 11.8 Å². The zero-order valence-corrected chi connectivity index (χ0v) is 13.1. The minimum atomic E-state index is -3.44. The second kappa shape index (κ2) is 5.62. The van der Waals surface area contributed by atoms with Gasteiger partial charge in [-0.3, -0.25) is 9.89 Å². The van der Waals surface area contributed by atoms with Crippen LogP contribution in [-0.4, -0.2) is 78.3 Å². The van der Waals surface area contributed by atoms with E-state index in [4.69, 9.17) is 5.73 Å². The summed E-state index contributed by atoms with van der Waals surface area (Å²) in [6.45, 7) is 2.89. The van der Waals surface area contributed by atoms with Gasteiger partial charge in [-0.25, -0.2) is 0 Å². The fraction of sp³-hybridized carbons (Fsp3) is 0.636. The number of aromatic amines is 1. The van der Waals surface area contributed by atoms with E-state index in [0.29, 0.717) is 24.5 Å². The number of hydrogen-bond donors (Lipinski definition) is 2. The summed E-state index contributed by atoms with van der Waals surface area (Å²) in [6.07, 6.45) is 0. The van der Waals surface area contributed by atoms with E-state index in [0.717, 1.165) is 0 Å².